The summed E-state index contributed by atoms with van der Waals surface area (Å²) < 4.78 is 43.2. The molecule has 0 spiro atoms. The van der Waals surface area contributed by atoms with Crippen LogP contribution in [0.2, 0.25) is 0 Å². The minimum atomic E-state index is -1.45. The zero-order valence-electron chi connectivity index (χ0n) is 23.8. The number of carbonyl (C=O) groups excluding carboxylic acids is 3. The number of nitrogens with one attached hydrogen (secondary N) is 2. The van der Waals surface area contributed by atoms with E-state index in [1.807, 2.05) is 0 Å². The first kappa shape index (κ1) is 32.4. The maximum absolute atomic E-state index is 13.6. The van der Waals surface area contributed by atoms with E-state index in [0.717, 1.165) is 6.20 Å². The quantitative estimate of drug-likeness (QED) is 0.196. The van der Waals surface area contributed by atoms with Crippen LogP contribution < -0.4 is 15.4 Å². The molecule has 2 amide bonds. The van der Waals surface area contributed by atoms with Gasteiger partial charge in [-0.3, -0.25) is 14.9 Å². The van der Waals surface area contributed by atoms with Gasteiger partial charge in [0.1, 0.15) is 23.8 Å². The molecule has 0 fully saturated rings. The summed E-state index contributed by atoms with van der Waals surface area (Å²) in [6.07, 6.45) is -1.14. The van der Waals surface area contributed by atoms with Crippen molar-refractivity contribution in [3.63, 3.8) is 0 Å². The number of carbonyl (C=O) groups is 4. The number of aromatic nitrogens is 1. The van der Waals surface area contributed by atoms with Crippen LogP contribution in [-0.2, 0) is 19.1 Å². The van der Waals surface area contributed by atoms with Gasteiger partial charge in [0.2, 0.25) is 6.79 Å². The molecule has 3 aromatic rings. The number of hydrogen-bond acceptors (Lipinski definition) is 8. The highest BCUT2D eigenvalue weighted by Crippen LogP contribution is 2.31. The summed E-state index contributed by atoms with van der Waals surface area (Å²) in [5.41, 5.74) is 0.669. The van der Waals surface area contributed by atoms with Crippen LogP contribution in [0.25, 0.3) is 0 Å². The highest BCUT2D eigenvalue weighted by Gasteiger charge is 2.29. The normalized spacial score (nSPS) is 12.3. The summed E-state index contributed by atoms with van der Waals surface area (Å²) in [7, 11) is 0. The van der Waals surface area contributed by atoms with E-state index in [4.69, 9.17) is 14.2 Å². The lowest BCUT2D eigenvalue weighted by Crippen LogP contribution is -2.41. The predicted molar refractivity (Wildman–Crippen MR) is 149 cm³/mol. The maximum atomic E-state index is 13.6. The lowest BCUT2D eigenvalue weighted by atomic mass is 9.87. The van der Waals surface area contributed by atoms with Gasteiger partial charge in [-0.1, -0.05) is 38.1 Å². The predicted octanol–water partition coefficient (Wildman–Crippen LogP) is 4.87. The van der Waals surface area contributed by atoms with Gasteiger partial charge in [-0.25, -0.2) is 23.4 Å². The third-order valence-electron chi connectivity index (χ3n) is 6.17. The molecule has 13 heteroatoms. The molecule has 1 aromatic heterocycles. The second-order valence-electron chi connectivity index (χ2n) is 9.76. The van der Waals surface area contributed by atoms with E-state index in [-0.39, 0.29) is 11.4 Å². The average molecular weight is 600 g/mol. The van der Waals surface area contributed by atoms with Gasteiger partial charge >= 0.3 is 18.0 Å². The van der Waals surface area contributed by atoms with Crippen molar-refractivity contribution in [2.75, 3.05) is 12.1 Å². The van der Waals surface area contributed by atoms with Crippen molar-refractivity contribution < 1.29 is 47.3 Å². The number of ether oxygens (including phenoxy) is 3. The van der Waals surface area contributed by atoms with Crippen LogP contribution in [0.3, 0.4) is 0 Å². The maximum Gasteiger partial charge on any atom is 0.409 e. The third kappa shape index (κ3) is 8.96. The van der Waals surface area contributed by atoms with Gasteiger partial charge in [0.15, 0.2) is 11.4 Å². The van der Waals surface area contributed by atoms with Gasteiger partial charge in [-0.05, 0) is 55.3 Å². The van der Waals surface area contributed by atoms with Gasteiger partial charge in [-0.2, -0.15) is 0 Å². The Hall–Kier alpha value is -5.07. The number of esters is 2. The van der Waals surface area contributed by atoms with E-state index in [2.05, 4.69) is 15.6 Å². The molecule has 0 saturated carbocycles. The minimum absolute atomic E-state index is 0.154. The molecule has 0 aliphatic carbocycles. The lowest BCUT2D eigenvalue weighted by molar-refractivity contribution is -0.154. The first-order valence-electron chi connectivity index (χ1n) is 13.2. The highest BCUT2D eigenvalue weighted by atomic mass is 19.1. The molecular weight excluding hydrogens is 568 g/mol. The molecular formula is C30H31F2N3O8. The molecule has 43 heavy (non-hydrogen) atoms. The van der Waals surface area contributed by atoms with Crippen LogP contribution >= 0.6 is 0 Å². The fourth-order valence-corrected chi connectivity index (χ4v) is 4.03. The standard InChI is InChI=1S/C30H31F2N3O8/c1-16(2)28(37)42-15-41-26-23(35-30(39)40)13-14-33-25(26)27(36)34-17(3)29(38)43-18(4)24(19-5-9-21(31)10-6-19)20-7-11-22(32)12-8-20/h5-14,16-18,24H,15H2,1-4H3,(H,33,35)(H,34,36)(H,39,40). The SMILES string of the molecule is CC(C)C(=O)OCOc1c(NC(=O)O)ccnc1C(=O)NC(C)C(=O)OC(C)C(c1ccc(F)cc1)c1ccc(F)cc1. The second kappa shape index (κ2) is 14.7. The van der Waals surface area contributed by atoms with E-state index in [0.29, 0.717) is 11.1 Å². The van der Waals surface area contributed by atoms with Gasteiger partial charge in [0, 0.05) is 12.1 Å². The Balaban J connectivity index is 1.78. The number of benzene rings is 2. The summed E-state index contributed by atoms with van der Waals surface area (Å²) >= 11 is 0. The first-order chi connectivity index (χ1) is 20.4. The Morgan fingerprint density at radius 1 is 0.860 bits per heavy atom. The van der Waals surface area contributed by atoms with Crippen molar-refractivity contribution >= 4 is 29.6 Å². The van der Waals surface area contributed by atoms with E-state index >= 15 is 0 Å². The zero-order chi connectivity index (χ0) is 31.7. The summed E-state index contributed by atoms with van der Waals surface area (Å²) in [5, 5.41) is 13.7. The van der Waals surface area contributed by atoms with Crippen LogP contribution in [0.15, 0.2) is 60.8 Å². The Morgan fingerprint density at radius 3 is 1.93 bits per heavy atom. The molecule has 2 aromatic carbocycles. The molecule has 3 rings (SSSR count). The number of pyridine rings is 1. The number of amides is 2. The summed E-state index contributed by atoms with van der Waals surface area (Å²) in [6.45, 7) is 5.54. The Morgan fingerprint density at radius 2 is 1.42 bits per heavy atom. The monoisotopic (exact) mass is 599 g/mol. The molecule has 2 unspecified atom stereocenters. The minimum Gasteiger partial charge on any atom is -0.465 e. The number of anilines is 1. The molecule has 0 aliphatic heterocycles. The smallest absolute Gasteiger partial charge is 0.409 e. The number of carboxylic acid groups (broad SMARTS) is 1. The van der Waals surface area contributed by atoms with Gasteiger partial charge in [0.25, 0.3) is 5.91 Å². The van der Waals surface area contributed by atoms with Crippen LogP contribution in [0.5, 0.6) is 5.75 Å². The summed E-state index contributed by atoms with van der Waals surface area (Å²) in [4.78, 5) is 53.2. The van der Waals surface area contributed by atoms with Crippen molar-refractivity contribution in [3.8, 4) is 5.75 Å². The largest absolute Gasteiger partial charge is 0.465 e. The molecule has 2 atom stereocenters. The van der Waals surface area contributed by atoms with Gasteiger partial charge < -0.3 is 24.6 Å². The van der Waals surface area contributed by atoms with Gasteiger partial charge in [-0.15, -0.1) is 0 Å². The Kier molecular flexibility index (Phi) is 11.1. The Bertz CT molecular complexity index is 1400. The molecule has 11 nitrogen and oxygen atoms in total. The molecule has 3 N–H and O–H groups in total. The van der Waals surface area contributed by atoms with Gasteiger partial charge in [0.05, 0.1) is 11.6 Å². The number of halogens is 2. The molecule has 0 bridgehead atoms. The number of rotatable bonds is 12. The fourth-order valence-electron chi connectivity index (χ4n) is 4.03. The van der Waals surface area contributed by atoms with Crippen LogP contribution in [0.1, 0.15) is 55.2 Å². The Labute approximate surface area is 246 Å². The number of hydrogen-bond donors (Lipinski definition) is 3. The molecule has 0 radical (unpaired) electrons. The fraction of sp³-hybridized carbons (Fsp3) is 0.300. The van der Waals surface area contributed by atoms with Crippen molar-refractivity contribution in [1.82, 2.24) is 10.3 Å². The second-order valence-corrected chi connectivity index (χ2v) is 9.76. The van der Waals surface area contributed by atoms with Crippen LogP contribution in [0, 0.1) is 17.6 Å². The van der Waals surface area contributed by atoms with Crippen molar-refractivity contribution in [2.24, 2.45) is 5.92 Å². The zero-order valence-corrected chi connectivity index (χ0v) is 23.8. The van der Waals surface area contributed by atoms with Crippen LogP contribution in [0.4, 0.5) is 19.3 Å². The van der Waals surface area contributed by atoms with E-state index < -0.39 is 72.0 Å². The molecule has 0 aliphatic rings. The summed E-state index contributed by atoms with van der Waals surface area (Å²) in [5.74, 6) is -4.64. The van der Waals surface area contributed by atoms with E-state index in [1.54, 1.807) is 20.8 Å². The highest BCUT2D eigenvalue weighted by molar-refractivity contribution is 6.00. The number of nitrogens with zero attached hydrogens (tertiary/aromatic N) is 1. The van der Waals surface area contributed by atoms with E-state index in [1.165, 1.54) is 61.5 Å². The van der Waals surface area contributed by atoms with Crippen molar-refractivity contribution in [2.45, 2.75) is 45.8 Å². The molecule has 0 saturated heterocycles. The third-order valence-corrected chi connectivity index (χ3v) is 6.17. The molecule has 1 heterocycles. The van der Waals surface area contributed by atoms with Crippen LogP contribution in [-0.4, -0.2) is 53.0 Å². The molecule has 228 valence electrons. The van der Waals surface area contributed by atoms with E-state index in [9.17, 15) is 33.1 Å². The summed E-state index contributed by atoms with van der Waals surface area (Å²) in [6, 6.07) is 11.2. The lowest BCUT2D eigenvalue weighted by Gasteiger charge is -2.26. The van der Waals surface area contributed by atoms with Crippen molar-refractivity contribution in [1.29, 1.82) is 0 Å². The van der Waals surface area contributed by atoms with Crippen molar-refractivity contribution in [3.05, 3.63) is 89.2 Å². The first-order valence-corrected chi connectivity index (χ1v) is 13.2. The average Bonchev–Trinajstić information content (AvgIpc) is 2.95. The topological polar surface area (TPSA) is 153 Å².